The molecular weight excluding hydrogens is 437 g/mol. The molecule has 10 nitrogen and oxygen atoms in total. The van der Waals surface area contributed by atoms with Crippen molar-refractivity contribution in [2.24, 2.45) is 0 Å². The molecule has 182 valence electrons. The predicted octanol–water partition coefficient (Wildman–Crippen LogP) is 2.34. The second-order valence-corrected chi connectivity index (χ2v) is 9.28. The number of hydrogen-bond donors (Lipinski definition) is 1. The van der Waals surface area contributed by atoms with Gasteiger partial charge in [-0.3, -0.25) is 14.5 Å². The molecule has 1 amide bonds. The molecule has 0 aromatic rings. The Balaban J connectivity index is 0.00000182. The van der Waals surface area contributed by atoms with Gasteiger partial charge < -0.3 is 28.5 Å². The van der Waals surface area contributed by atoms with E-state index < -0.39 is 20.4 Å². The van der Waals surface area contributed by atoms with Crippen LogP contribution in [0.1, 0.15) is 42.4 Å². The fraction of sp³-hybridized carbons (Fsp3) is 0.762. The molecule has 0 aromatic heterocycles. The van der Waals surface area contributed by atoms with Crippen LogP contribution >= 0.6 is 8.53 Å². The third-order valence-corrected chi connectivity index (χ3v) is 6.50. The molecule has 0 radical (unpaired) electrons. The number of ether oxygens (including phenoxy) is 2. The summed E-state index contributed by atoms with van der Waals surface area (Å²) in [7, 11) is -0.197. The van der Waals surface area contributed by atoms with E-state index >= 15 is 0 Å². The molecule has 1 saturated heterocycles. The van der Waals surface area contributed by atoms with Crippen LogP contribution in [0.3, 0.4) is 0 Å². The Hall–Kier alpha value is -1.44. The van der Waals surface area contributed by atoms with Crippen molar-refractivity contribution in [2.75, 3.05) is 40.1 Å². The standard InChI is InChI=1S/C20H32N3O6P.CH4O/c1-15(2)23(16(3)4)30(27-10-8-21-6)28-14-20(5)13-26-12-19(29-20)22-9-7-17(24)11-18(22)25;1-2/h7,9,15-16,19H,8,10-14H2,1-5H3;2H,1H3/t19-,20+,30?;/m1./s1/i5D;2T. The normalized spacial score (nSPS) is 25.3. The SMILES string of the molecule is [2H]C[C@@]1(COP(OCC[N+]#[C-])N(C(C)C)C(C)C)COC[C@H](N2C=CC(=O)CC2=O)O1.[3H]OC. The number of rotatable bonds is 10. The van der Waals surface area contributed by atoms with Crippen molar-refractivity contribution in [3.05, 3.63) is 23.7 Å². The van der Waals surface area contributed by atoms with Crippen molar-refractivity contribution >= 4 is 20.2 Å². The van der Waals surface area contributed by atoms with Gasteiger partial charge in [0.25, 0.3) is 8.53 Å². The minimum atomic E-state index is -1.49. The number of allylic oxidation sites excluding steroid dienone is 1. The number of amides is 1. The maximum atomic E-state index is 12.2. The van der Waals surface area contributed by atoms with E-state index in [0.29, 0.717) is 0 Å². The molecule has 1 N–H and O–H groups in total. The molecule has 0 bridgehead atoms. The van der Waals surface area contributed by atoms with Gasteiger partial charge in [0.2, 0.25) is 13.9 Å². The largest absolute Gasteiger partial charge is 0.400 e. The first-order chi connectivity index (χ1) is 16.1. The number of nitrogens with zero attached hydrogens (tertiary/aromatic N) is 3. The van der Waals surface area contributed by atoms with Crippen LogP contribution in [0.15, 0.2) is 12.3 Å². The summed E-state index contributed by atoms with van der Waals surface area (Å²) in [6, 6.07) is 0.298. The molecule has 0 aromatic carbocycles. The van der Waals surface area contributed by atoms with Crippen molar-refractivity contribution in [3.8, 4) is 0 Å². The molecule has 2 aliphatic rings. The van der Waals surface area contributed by atoms with Crippen LogP contribution in [0.4, 0.5) is 0 Å². The highest BCUT2D eigenvalue weighted by molar-refractivity contribution is 7.44. The fourth-order valence-corrected chi connectivity index (χ4v) is 4.88. The lowest BCUT2D eigenvalue weighted by Crippen LogP contribution is -2.55. The van der Waals surface area contributed by atoms with Crippen molar-refractivity contribution in [1.82, 2.24) is 9.57 Å². The highest BCUT2D eigenvalue weighted by Gasteiger charge is 2.40. The molecule has 3 atom stereocenters. The number of hydrogen-bond acceptors (Lipinski definition) is 8. The topological polar surface area (TPSA) is 102 Å². The Morgan fingerprint density at radius 3 is 2.72 bits per heavy atom. The van der Waals surface area contributed by atoms with Gasteiger partial charge in [-0.25, -0.2) is 11.2 Å². The minimum Gasteiger partial charge on any atom is -0.400 e. The zero-order valence-corrected chi connectivity index (χ0v) is 20.4. The number of aliphatic hydroxyl groups is 1. The van der Waals surface area contributed by atoms with Crippen LogP contribution in [0.2, 0.25) is 0 Å². The van der Waals surface area contributed by atoms with Gasteiger partial charge in [-0.15, -0.1) is 0 Å². The van der Waals surface area contributed by atoms with E-state index in [1.165, 1.54) is 24.3 Å². The number of carbonyl (C=O) groups excluding carboxylic acids is 2. The van der Waals surface area contributed by atoms with E-state index in [0.717, 1.165) is 0 Å². The third kappa shape index (κ3) is 8.49. The number of aliphatic hydroxyl groups excluding tert-OH is 1. The van der Waals surface area contributed by atoms with Crippen LogP contribution in [0.25, 0.3) is 4.85 Å². The molecule has 0 spiro atoms. The summed E-state index contributed by atoms with van der Waals surface area (Å²) in [6.45, 7) is 15.8. The molecule has 0 aliphatic carbocycles. The maximum absolute atomic E-state index is 12.2. The van der Waals surface area contributed by atoms with Crippen LogP contribution in [0, 0.1) is 6.57 Å². The van der Waals surface area contributed by atoms with Crippen LogP contribution in [-0.4, -0.2) is 91.8 Å². The second kappa shape index (κ2) is 14.0. The quantitative estimate of drug-likeness (QED) is 0.222. The van der Waals surface area contributed by atoms with Crippen molar-refractivity contribution in [3.63, 3.8) is 0 Å². The summed E-state index contributed by atoms with van der Waals surface area (Å²) < 4.78 is 39.8. The number of carbonyl (C=O) groups is 2. The zero-order valence-electron chi connectivity index (χ0n) is 21.5. The summed E-state index contributed by atoms with van der Waals surface area (Å²) in [5.41, 5.74) is -1.08. The molecule has 0 saturated carbocycles. The third-order valence-electron chi connectivity index (χ3n) is 4.45. The first-order valence-electron chi connectivity index (χ1n) is 11.5. The molecule has 32 heavy (non-hydrogen) atoms. The van der Waals surface area contributed by atoms with Gasteiger partial charge in [-0.05, 0) is 40.7 Å². The first-order valence-corrected chi connectivity index (χ1v) is 11.5. The Kier molecular flexibility index (Phi) is 11.0. The Bertz CT molecular complexity index is 715. The van der Waals surface area contributed by atoms with E-state index in [9.17, 15) is 9.59 Å². The Morgan fingerprint density at radius 1 is 1.47 bits per heavy atom. The van der Waals surface area contributed by atoms with Gasteiger partial charge in [0.15, 0.2) is 12.0 Å². The molecular formula is C21H36N3O7P. The lowest BCUT2D eigenvalue weighted by molar-refractivity contribution is -0.235. The Morgan fingerprint density at radius 2 is 2.16 bits per heavy atom. The summed E-state index contributed by atoms with van der Waals surface area (Å²) in [4.78, 5) is 28.4. The summed E-state index contributed by atoms with van der Waals surface area (Å²) in [5.74, 6) is -0.615. The van der Waals surface area contributed by atoms with E-state index in [1.54, 1.807) is 0 Å². The van der Waals surface area contributed by atoms with Crippen molar-refractivity contribution in [2.45, 2.75) is 64.9 Å². The lowest BCUT2D eigenvalue weighted by atomic mass is 10.1. The molecule has 1 fully saturated rings. The van der Waals surface area contributed by atoms with Gasteiger partial charge in [-0.1, -0.05) is 0 Å². The molecule has 2 heterocycles. The van der Waals surface area contributed by atoms with Gasteiger partial charge in [-0.2, -0.15) is 0 Å². The van der Waals surface area contributed by atoms with Crippen LogP contribution < -0.4 is 0 Å². The van der Waals surface area contributed by atoms with Gasteiger partial charge in [0, 0.05) is 26.8 Å². The molecule has 2 rings (SSSR count). The van der Waals surface area contributed by atoms with Gasteiger partial charge in [0.05, 0.1) is 26.2 Å². The van der Waals surface area contributed by atoms with E-state index in [4.69, 9.17) is 27.9 Å². The highest BCUT2D eigenvalue weighted by atomic mass is 31.2. The van der Waals surface area contributed by atoms with Crippen molar-refractivity contribution < 1.29 is 34.6 Å². The van der Waals surface area contributed by atoms with Crippen molar-refractivity contribution in [1.29, 1.82) is 1.43 Å². The highest BCUT2D eigenvalue weighted by Crippen LogP contribution is 2.46. The van der Waals surface area contributed by atoms with Gasteiger partial charge in [0.1, 0.15) is 12.2 Å². The minimum absolute atomic E-state index is 0.0390. The second-order valence-electron chi connectivity index (χ2n) is 7.82. The fourth-order valence-electron chi connectivity index (χ4n) is 3.20. The van der Waals surface area contributed by atoms with Crippen LogP contribution in [-0.2, 0) is 28.1 Å². The number of ketones is 1. The van der Waals surface area contributed by atoms with E-state index in [1.807, 2.05) is 27.7 Å². The maximum Gasteiger partial charge on any atom is 0.259 e. The smallest absolute Gasteiger partial charge is 0.259 e. The zero-order chi connectivity index (χ0) is 25.7. The average Bonchev–Trinajstić information content (AvgIpc) is 2.77. The Labute approximate surface area is 195 Å². The van der Waals surface area contributed by atoms with Crippen LogP contribution in [0.5, 0.6) is 0 Å². The predicted molar refractivity (Wildman–Crippen MR) is 120 cm³/mol. The summed E-state index contributed by atoms with van der Waals surface area (Å²) in [6.07, 6.45) is 1.80. The molecule has 11 heteroatoms. The first kappa shape index (κ1) is 25.2. The summed E-state index contributed by atoms with van der Waals surface area (Å²) in [5, 5.41) is 3.50. The average molecular weight is 477 g/mol. The van der Waals surface area contributed by atoms with E-state index in [2.05, 4.69) is 14.6 Å². The lowest BCUT2D eigenvalue weighted by Gasteiger charge is -2.43. The summed E-state index contributed by atoms with van der Waals surface area (Å²) >= 11 is 0. The molecule has 2 aliphatic heterocycles. The van der Waals surface area contributed by atoms with E-state index in [-0.39, 0.29) is 70.1 Å². The van der Waals surface area contributed by atoms with Gasteiger partial charge >= 0.3 is 0 Å². The molecule has 1 unspecified atom stereocenters. The monoisotopic (exact) mass is 476 g/mol.